The molecule has 1 heterocycles. The van der Waals surface area contributed by atoms with Gasteiger partial charge in [0.15, 0.2) is 11.7 Å². The van der Waals surface area contributed by atoms with E-state index >= 15 is 0 Å². The minimum Gasteiger partial charge on any atom is -0.320 e. The van der Waals surface area contributed by atoms with Crippen LogP contribution in [-0.4, -0.2) is 23.0 Å². The van der Waals surface area contributed by atoms with Crippen LogP contribution in [0.4, 0.5) is 0 Å². The minimum absolute atomic E-state index is 0.143. The fraction of sp³-hybridized carbons (Fsp3) is 0.105. The van der Waals surface area contributed by atoms with Gasteiger partial charge in [0.1, 0.15) is 6.67 Å². The molecule has 0 N–H and O–H groups in total. The molecule has 1 aromatic heterocycles. The van der Waals surface area contributed by atoms with Gasteiger partial charge in [-0.25, -0.2) is 15.0 Å². The van der Waals surface area contributed by atoms with Gasteiger partial charge >= 0.3 is 0 Å². The standard InChI is InChI=1S/C57H46N4/c1-8-11-28-46-36(4)38-26-20-27-43(53(38)57(46)48-30-17-13-22-39(48)40-23-14-18-31-49(40)57)55(58-7)60-54(37(10-3)21-9-2)59-35-61-51-32-19-15-25-42(51)45-33-44-41-24-12-16-29-47(41)56(5,6)50(44)34-52(45)61/h8-34H,1-3,7,35H2,4-6H3/b28-11-,37-21+,59-54-,60-55?. The smallest absolute Gasteiger partial charge is 0.161 e. The summed E-state index contributed by atoms with van der Waals surface area (Å²) in [7, 11) is 0. The van der Waals surface area contributed by atoms with Crippen molar-refractivity contribution in [3.8, 4) is 22.3 Å². The number of aromatic nitrogens is 1. The van der Waals surface area contributed by atoms with Gasteiger partial charge in [0, 0.05) is 27.3 Å². The van der Waals surface area contributed by atoms with E-state index < -0.39 is 5.41 Å². The lowest BCUT2D eigenvalue weighted by Gasteiger charge is -2.33. The van der Waals surface area contributed by atoms with E-state index in [0.717, 1.165) is 33.3 Å². The second kappa shape index (κ2) is 14.4. The zero-order chi connectivity index (χ0) is 42.0. The van der Waals surface area contributed by atoms with Crippen molar-refractivity contribution in [3.63, 3.8) is 0 Å². The molecule has 7 aromatic rings. The first kappa shape index (κ1) is 37.8. The highest BCUT2D eigenvalue weighted by atomic mass is 15.1. The van der Waals surface area contributed by atoms with Gasteiger partial charge in [-0.15, -0.1) is 0 Å². The topological polar surface area (TPSA) is 42.0 Å². The lowest BCUT2D eigenvalue weighted by Crippen LogP contribution is -2.29. The third-order valence-corrected chi connectivity index (χ3v) is 13.2. The number of amidine groups is 2. The number of nitrogens with zero attached hydrogens (tertiary/aromatic N) is 4. The fourth-order valence-electron chi connectivity index (χ4n) is 10.6. The van der Waals surface area contributed by atoms with Crippen molar-refractivity contribution in [2.24, 2.45) is 15.0 Å². The van der Waals surface area contributed by atoms with Crippen molar-refractivity contribution in [3.05, 3.63) is 234 Å². The van der Waals surface area contributed by atoms with Gasteiger partial charge in [-0.3, -0.25) is 0 Å². The molecule has 10 rings (SSSR count). The van der Waals surface area contributed by atoms with E-state index in [-0.39, 0.29) is 5.41 Å². The maximum atomic E-state index is 5.36. The van der Waals surface area contributed by atoms with Crippen LogP contribution >= 0.6 is 0 Å². The number of benzene rings is 6. The van der Waals surface area contributed by atoms with Crippen LogP contribution in [0.2, 0.25) is 0 Å². The molecule has 0 aliphatic heterocycles. The summed E-state index contributed by atoms with van der Waals surface area (Å²) in [5.74, 6) is 0.973. The van der Waals surface area contributed by atoms with E-state index in [0.29, 0.717) is 18.3 Å². The molecular weight excluding hydrogens is 741 g/mol. The van der Waals surface area contributed by atoms with Crippen molar-refractivity contribution in [2.45, 2.75) is 38.3 Å². The third-order valence-electron chi connectivity index (χ3n) is 13.2. The predicted octanol–water partition coefficient (Wildman–Crippen LogP) is 13.7. The average Bonchev–Trinajstić information content (AvgIpc) is 3.93. The molecule has 61 heavy (non-hydrogen) atoms. The van der Waals surface area contributed by atoms with E-state index in [1.165, 1.54) is 66.4 Å². The largest absolute Gasteiger partial charge is 0.320 e. The lowest BCUT2D eigenvalue weighted by molar-refractivity contribution is 0.660. The normalized spacial score (nSPS) is 15.9. The molecule has 3 aliphatic carbocycles. The summed E-state index contributed by atoms with van der Waals surface area (Å²) in [6, 6.07) is 46.1. The zero-order valence-corrected chi connectivity index (χ0v) is 34.9. The Morgan fingerprint density at radius 3 is 1.97 bits per heavy atom. The van der Waals surface area contributed by atoms with Crippen molar-refractivity contribution in [1.82, 2.24) is 4.57 Å². The van der Waals surface area contributed by atoms with Gasteiger partial charge in [0.05, 0.1) is 16.4 Å². The molecule has 3 aliphatic rings. The van der Waals surface area contributed by atoms with Crippen molar-refractivity contribution < 1.29 is 0 Å². The van der Waals surface area contributed by atoms with Crippen LogP contribution in [0.1, 0.15) is 59.7 Å². The maximum Gasteiger partial charge on any atom is 0.161 e. The first-order chi connectivity index (χ1) is 29.8. The summed E-state index contributed by atoms with van der Waals surface area (Å²) in [6.45, 7) is 23.6. The highest BCUT2D eigenvalue weighted by Gasteiger charge is 2.52. The SMILES string of the molecule is C=C/C=C\C1=C(C)c2cccc(C(N=C)=NC(=N\Cn3c4ccccc4c4cc5c(cc43)C(C)(C)c3ccccc3-5)/C(C=C)=C/C=C)c2C12c1ccccc1-c1ccccc12. The first-order valence-corrected chi connectivity index (χ1v) is 20.8. The highest BCUT2D eigenvalue weighted by molar-refractivity contribution is 6.16. The number of fused-ring (bicyclic) bond motifs is 13. The molecule has 0 fully saturated rings. The number of rotatable bonds is 8. The summed E-state index contributed by atoms with van der Waals surface area (Å²) < 4.78 is 2.31. The maximum absolute atomic E-state index is 5.36. The first-order valence-electron chi connectivity index (χ1n) is 20.8. The Bertz CT molecular complexity index is 3180. The molecule has 1 spiro atoms. The van der Waals surface area contributed by atoms with Crippen LogP contribution < -0.4 is 0 Å². The van der Waals surface area contributed by atoms with Crippen LogP contribution in [0.15, 0.2) is 210 Å². The Kier molecular flexibility index (Phi) is 8.92. The summed E-state index contributed by atoms with van der Waals surface area (Å²) in [5.41, 5.74) is 17.9. The molecule has 0 radical (unpaired) electrons. The van der Waals surface area contributed by atoms with Crippen molar-refractivity contribution >= 4 is 45.8 Å². The molecule has 0 unspecified atom stereocenters. The molecule has 294 valence electrons. The molecule has 6 aromatic carbocycles. The van der Waals surface area contributed by atoms with Gasteiger partial charge in [0.2, 0.25) is 0 Å². The van der Waals surface area contributed by atoms with Crippen LogP contribution in [-0.2, 0) is 17.5 Å². The predicted molar refractivity (Wildman–Crippen MR) is 259 cm³/mol. The van der Waals surface area contributed by atoms with Crippen LogP contribution in [0.5, 0.6) is 0 Å². The molecule has 0 saturated heterocycles. The number of para-hydroxylation sites is 1. The molecule has 0 bridgehead atoms. The minimum atomic E-state index is -0.625. The Hall–Kier alpha value is -7.43. The highest BCUT2D eigenvalue weighted by Crippen LogP contribution is 2.63. The van der Waals surface area contributed by atoms with E-state index in [1.54, 1.807) is 12.2 Å². The van der Waals surface area contributed by atoms with E-state index in [9.17, 15) is 0 Å². The molecular formula is C57H46N4. The fourth-order valence-corrected chi connectivity index (χ4v) is 10.6. The molecule has 0 atom stereocenters. The second-order valence-electron chi connectivity index (χ2n) is 16.5. The van der Waals surface area contributed by atoms with E-state index in [4.69, 9.17) is 15.0 Å². The Morgan fingerprint density at radius 1 is 0.656 bits per heavy atom. The molecule has 4 heteroatoms. The Balaban J connectivity index is 1.18. The van der Waals surface area contributed by atoms with Crippen molar-refractivity contribution in [2.75, 3.05) is 0 Å². The molecule has 0 amide bonds. The van der Waals surface area contributed by atoms with E-state index in [2.05, 4.69) is 185 Å². The van der Waals surface area contributed by atoms with Gasteiger partial charge in [0.25, 0.3) is 0 Å². The van der Waals surface area contributed by atoms with Crippen LogP contribution in [0, 0.1) is 0 Å². The van der Waals surface area contributed by atoms with Crippen LogP contribution in [0.3, 0.4) is 0 Å². The Labute approximate surface area is 358 Å². The van der Waals surface area contributed by atoms with Gasteiger partial charge < -0.3 is 4.57 Å². The molecule has 4 nitrogen and oxygen atoms in total. The van der Waals surface area contributed by atoms with Crippen molar-refractivity contribution in [1.29, 1.82) is 0 Å². The third kappa shape index (κ3) is 5.35. The van der Waals surface area contributed by atoms with Gasteiger partial charge in [-0.05, 0) is 98.6 Å². The second-order valence-corrected chi connectivity index (χ2v) is 16.5. The number of hydrogen-bond acceptors (Lipinski definition) is 1. The monoisotopic (exact) mass is 786 g/mol. The summed E-state index contributed by atoms with van der Waals surface area (Å²) in [6.07, 6.45) is 11.5. The average molecular weight is 787 g/mol. The molecule has 0 saturated carbocycles. The number of allylic oxidation sites excluding steroid dienone is 7. The number of aliphatic imine (C=N–C) groups is 3. The van der Waals surface area contributed by atoms with Gasteiger partial charge in [-0.2, -0.15) is 0 Å². The summed E-state index contributed by atoms with van der Waals surface area (Å²) >= 11 is 0. The zero-order valence-electron chi connectivity index (χ0n) is 34.9. The lowest BCUT2D eigenvalue weighted by atomic mass is 9.68. The van der Waals surface area contributed by atoms with Gasteiger partial charge in [-0.1, -0.05) is 179 Å². The van der Waals surface area contributed by atoms with Crippen LogP contribution in [0.25, 0.3) is 49.6 Å². The Morgan fingerprint density at radius 2 is 1.30 bits per heavy atom. The summed E-state index contributed by atoms with van der Waals surface area (Å²) in [5, 5.41) is 2.39. The quantitative estimate of drug-likeness (QED) is 0.0836. The number of hydrogen-bond donors (Lipinski definition) is 0. The van der Waals surface area contributed by atoms with E-state index in [1.807, 2.05) is 18.2 Å². The summed E-state index contributed by atoms with van der Waals surface area (Å²) in [4.78, 5) is 15.4.